The van der Waals surface area contributed by atoms with E-state index in [1.807, 2.05) is 30.3 Å². The van der Waals surface area contributed by atoms with Gasteiger partial charge < -0.3 is 4.74 Å². The van der Waals surface area contributed by atoms with Crippen LogP contribution in [0.15, 0.2) is 48.5 Å². The lowest BCUT2D eigenvalue weighted by Gasteiger charge is -2.05. The van der Waals surface area contributed by atoms with E-state index >= 15 is 0 Å². The second-order valence-corrected chi connectivity index (χ2v) is 4.39. The van der Waals surface area contributed by atoms with Crippen LogP contribution in [0.1, 0.15) is 15.9 Å². The lowest BCUT2D eigenvalue weighted by Crippen LogP contribution is -2.05. The van der Waals surface area contributed by atoms with Crippen molar-refractivity contribution in [1.82, 2.24) is 0 Å². The Balaban J connectivity index is 2.06. The molecular weight excluding hydrogens is 282 g/mol. The number of hydrogen-bond donors (Lipinski definition) is 0. The average Bonchev–Trinajstić information content (AvgIpc) is 2.45. The molecule has 2 aromatic carbocycles. The van der Waals surface area contributed by atoms with Crippen LogP contribution in [0.3, 0.4) is 0 Å². The van der Waals surface area contributed by atoms with Gasteiger partial charge in [-0.2, -0.15) is 0 Å². The Morgan fingerprint density at radius 1 is 1.20 bits per heavy atom. The Morgan fingerprint density at radius 3 is 2.50 bits per heavy atom. The molecule has 0 amide bonds. The molecule has 0 fully saturated rings. The summed E-state index contributed by atoms with van der Waals surface area (Å²) in [5.41, 5.74) is 0.789. The van der Waals surface area contributed by atoms with Crippen LogP contribution in [-0.2, 0) is 11.3 Å². The minimum absolute atomic E-state index is 0.0934. The van der Waals surface area contributed by atoms with Gasteiger partial charge in [-0.1, -0.05) is 41.9 Å². The fourth-order valence-corrected chi connectivity index (χ4v) is 1.84. The third kappa shape index (κ3) is 3.33. The minimum Gasteiger partial charge on any atom is -0.457 e. The number of carbonyl (C=O) groups excluding carboxylic acids is 1. The molecule has 6 heteroatoms. The van der Waals surface area contributed by atoms with Crippen molar-refractivity contribution in [3.8, 4) is 0 Å². The van der Waals surface area contributed by atoms with E-state index < -0.39 is 10.9 Å². The van der Waals surface area contributed by atoms with E-state index in [1.165, 1.54) is 18.2 Å². The maximum atomic E-state index is 11.8. The van der Waals surface area contributed by atoms with Crippen LogP contribution in [0, 0.1) is 10.1 Å². The predicted molar refractivity (Wildman–Crippen MR) is 73.7 cm³/mol. The lowest BCUT2D eigenvalue weighted by atomic mass is 10.2. The third-order valence-electron chi connectivity index (χ3n) is 2.59. The smallest absolute Gasteiger partial charge is 0.338 e. The molecule has 0 saturated carbocycles. The van der Waals surface area contributed by atoms with Gasteiger partial charge >= 0.3 is 5.97 Å². The van der Waals surface area contributed by atoms with Gasteiger partial charge in [0.25, 0.3) is 5.69 Å². The zero-order valence-electron chi connectivity index (χ0n) is 10.3. The Bertz CT molecular complexity index is 643. The first-order chi connectivity index (χ1) is 9.58. The van der Waals surface area contributed by atoms with Crippen molar-refractivity contribution < 1.29 is 14.5 Å². The molecule has 0 aromatic heterocycles. The monoisotopic (exact) mass is 291 g/mol. The molecule has 0 aliphatic rings. The third-order valence-corrected chi connectivity index (χ3v) is 2.90. The largest absolute Gasteiger partial charge is 0.457 e. The van der Waals surface area contributed by atoms with Gasteiger partial charge in [0.15, 0.2) is 0 Å². The van der Waals surface area contributed by atoms with Crippen molar-refractivity contribution in [2.24, 2.45) is 0 Å². The molecule has 2 rings (SSSR count). The number of benzene rings is 2. The fourth-order valence-electron chi connectivity index (χ4n) is 1.59. The first-order valence-electron chi connectivity index (χ1n) is 5.73. The number of hydrogen-bond acceptors (Lipinski definition) is 4. The van der Waals surface area contributed by atoms with Crippen molar-refractivity contribution in [1.29, 1.82) is 0 Å². The van der Waals surface area contributed by atoms with Crippen molar-refractivity contribution >= 4 is 23.3 Å². The van der Waals surface area contributed by atoms with E-state index in [0.717, 1.165) is 5.56 Å². The van der Waals surface area contributed by atoms with Gasteiger partial charge in [0.1, 0.15) is 11.6 Å². The minimum atomic E-state index is -0.610. The molecule has 0 bridgehead atoms. The number of carbonyl (C=O) groups is 1. The lowest BCUT2D eigenvalue weighted by molar-refractivity contribution is -0.384. The van der Waals surface area contributed by atoms with E-state index in [9.17, 15) is 14.9 Å². The van der Waals surface area contributed by atoms with Gasteiger partial charge in [0.05, 0.1) is 10.5 Å². The molecule has 0 spiro atoms. The summed E-state index contributed by atoms with van der Waals surface area (Å²) < 4.78 is 5.10. The topological polar surface area (TPSA) is 69.4 Å². The first kappa shape index (κ1) is 14.0. The standard InChI is InChI=1S/C14H10ClNO4/c15-12-8-11(6-7-13(12)16(18)19)14(17)20-9-10-4-2-1-3-5-10/h1-8H,9H2. The van der Waals surface area contributed by atoms with Crippen LogP contribution in [0.2, 0.25) is 5.02 Å². The number of nitro groups is 1. The molecule has 0 N–H and O–H groups in total. The van der Waals surface area contributed by atoms with Gasteiger partial charge in [-0.3, -0.25) is 10.1 Å². The highest BCUT2D eigenvalue weighted by Crippen LogP contribution is 2.25. The highest BCUT2D eigenvalue weighted by atomic mass is 35.5. The SMILES string of the molecule is O=C(OCc1ccccc1)c1ccc([N+](=O)[O-])c(Cl)c1. The van der Waals surface area contributed by atoms with Gasteiger partial charge in [-0.05, 0) is 17.7 Å². The highest BCUT2D eigenvalue weighted by Gasteiger charge is 2.16. The molecule has 0 radical (unpaired) electrons. The zero-order valence-corrected chi connectivity index (χ0v) is 11.0. The molecule has 102 valence electrons. The summed E-state index contributed by atoms with van der Waals surface area (Å²) in [6, 6.07) is 12.9. The maximum absolute atomic E-state index is 11.8. The normalized spacial score (nSPS) is 10.1. The Labute approximate surface area is 119 Å². The first-order valence-corrected chi connectivity index (χ1v) is 6.10. The maximum Gasteiger partial charge on any atom is 0.338 e. The highest BCUT2D eigenvalue weighted by molar-refractivity contribution is 6.33. The molecule has 0 heterocycles. The summed E-state index contributed by atoms with van der Waals surface area (Å²) in [6.45, 7) is 0.133. The van der Waals surface area contributed by atoms with Crippen LogP contribution in [0.5, 0.6) is 0 Å². The number of ether oxygens (including phenoxy) is 1. The van der Waals surface area contributed by atoms with Gasteiger partial charge in [-0.15, -0.1) is 0 Å². The van der Waals surface area contributed by atoms with Crippen molar-refractivity contribution in [2.45, 2.75) is 6.61 Å². The molecule has 20 heavy (non-hydrogen) atoms. The molecule has 0 aliphatic carbocycles. The predicted octanol–water partition coefficient (Wildman–Crippen LogP) is 3.61. The van der Waals surface area contributed by atoms with Crippen LogP contribution >= 0.6 is 11.6 Å². The Hall–Kier alpha value is -2.40. The van der Waals surface area contributed by atoms with E-state index in [2.05, 4.69) is 0 Å². The van der Waals surface area contributed by atoms with Crippen LogP contribution < -0.4 is 0 Å². The van der Waals surface area contributed by atoms with Crippen molar-refractivity contribution in [3.05, 3.63) is 74.8 Å². The van der Waals surface area contributed by atoms with E-state index in [-0.39, 0.29) is 22.9 Å². The second kappa shape index (κ2) is 6.16. The summed E-state index contributed by atoms with van der Waals surface area (Å²) in [4.78, 5) is 21.8. The quantitative estimate of drug-likeness (QED) is 0.490. The summed E-state index contributed by atoms with van der Waals surface area (Å²) in [5.74, 6) is -0.578. The van der Waals surface area contributed by atoms with Crippen LogP contribution in [0.4, 0.5) is 5.69 Å². The molecule has 0 unspecified atom stereocenters. The molecule has 5 nitrogen and oxygen atoms in total. The Morgan fingerprint density at radius 2 is 1.90 bits per heavy atom. The molecule has 0 atom stereocenters. The summed E-state index contributed by atoms with van der Waals surface area (Å²) in [7, 11) is 0. The summed E-state index contributed by atoms with van der Waals surface area (Å²) in [5, 5.41) is 10.5. The van der Waals surface area contributed by atoms with E-state index in [0.29, 0.717) is 0 Å². The van der Waals surface area contributed by atoms with E-state index in [4.69, 9.17) is 16.3 Å². The summed E-state index contributed by atoms with van der Waals surface area (Å²) in [6.07, 6.45) is 0. The molecule has 0 saturated heterocycles. The number of nitro benzene ring substituents is 1. The number of rotatable bonds is 4. The van der Waals surface area contributed by atoms with Gasteiger partial charge in [0.2, 0.25) is 0 Å². The average molecular weight is 292 g/mol. The zero-order chi connectivity index (χ0) is 14.5. The molecular formula is C14H10ClNO4. The molecule has 0 aliphatic heterocycles. The van der Waals surface area contributed by atoms with Crippen LogP contribution in [-0.4, -0.2) is 10.9 Å². The Kier molecular flexibility index (Phi) is 4.32. The van der Waals surface area contributed by atoms with Crippen LogP contribution in [0.25, 0.3) is 0 Å². The van der Waals surface area contributed by atoms with Gasteiger partial charge in [0, 0.05) is 6.07 Å². The van der Waals surface area contributed by atoms with Gasteiger partial charge in [-0.25, -0.2) is 4.79 Å². The van der Waals surface area contributed by atoms with Crippen molar-refractivity contribution in [2.75, 3.05) is 0 Å². The fraction of sp³-hybridized carbons (Fsp3) is 0.0714. The summed E-state index contributed by atoms with van der Waals surface area (Å²) >= 11 is 5.74. The number of nitrogens with zero attached hydrogens (tertiary/aromatic N) is 1. The van der Waals surface area contributed by atoms with E-state index in [1.54, 1.807) is 0 Å². The molecule has 2 aromatic rings. The number of halogens is 1. The van der Waals surface area contributed by atoms with Crippen molar-refractivity contribution in [3.63, 3.8) is 0 Å². The number of esters is 1. The second-order valence-electron chi connectivity index (χ2n) is 3.99.